The van der Waals surface area contributed by atoms with Crippen LogP contribution >= 0.6 is 0 Å². The second kappa shape index (κ2) is 5.91. The number of benzene rings is 2. The monoisotopic (exact) mass is 348 g/mol. The Morgan fingerprint density at radius 1 is 1.15 bits per heavy atom. The van der Waals surface area contributed by atoms with Crippen LogP contribution in [0.1, 0.15) is 17.0 Å². The van der Waals surface area contributed by atoms with Crippen molar-refractivity contribution in [2.75, 3.05) is 18.6 Å². The maximum absolute atomic E-state index is 10.5. The molecule has 1 aliphatic heterocycles. The molecule has 2 aromatic carbocycles. The standard InChI is InChI=1S/C20H20N4O2/c1-11-6-12(2)8-13(7-11)24-10-17(25)18(19(24)21)20-22-15-5-4-14(26-3)9-16(15)23-20/h4-9,21,25H,10H2,1-3H3,(H,22,23). The van der Waals surface area contributed by atoms with Crippen LogP contribution in [0, 0.1) is 19.3 Å². The zero-order valence-electron chi connectivity index (χ0n) is 14.9. The molecule has 132 valence electrons. The maximum Gasteiger partial charge on any atom is 0.145 e. The summed E-state index contributed by atoms with van der Waals surface area (Å²) in [7, 11) is 1.61. The number of H-pyrrole nitrogens is 1. The van der Waals surface area contributed by atoms with E-state index in [2.05, 4.69) is 16.0 Å². The van der Waals surface area contributed by atoms with E-state index in [1.54, 1.807) is 12.0 Å². The summed E-state index contributed by atoms with van der Waals surface area (Å²) in [6.07, 6.45) is 0. The van der Waals surface area contributed by atoms with Crippen LogP contribution in [0.2, 0.25) is 0 Å². The van der Waals surface area contributed by atoms with Gasteiger partial charge in [-0.15, -0.1) is 0 Å². The van der Waals surface area contributed by atoms with Crippen molar-refractivity contribution in [2.24, 2.45) is 0 Å². The summed E-state index contributed by atoms with van der Waals surface area (Å²) >= 11 is 0. The van der Waals surface area contributed by atoms with Crippen molar-refractivity contribution in [1.29, 1.82) is 5.41 Å². The molecule has 0 fully saturated rings. The number of amidine groups is 1. The van der Waals surface area contributed by atoms with Crippen LogP contribution in [0.3, 0.4) is 0 Å². The van der Waals surface area contributed by atoms with E-state index in [9.17, 15) is 5.11 Å². The van der Waals surface area contributed by atoms with Gasteiger partial charge in [-0.2, -0.15) is 0 Å². The maximum atomic E-state index is 10.5. The number of imidazole rings is 1. The van der Waals surface area contributed by atoms with Gasteiger partial charge in [0, 0.05) is 11.8 Å². The van der Waals surface area contributed by atoms with E-state index >= 15 is 0 Å². The fourth-order valence-corrected chi connectivity index (χ4v) is 3.39. The highest BCUT2D eigenvalue weighted by molar-refractivity contribution is 6.30. The Bertz CT molecular complexity index is 1040. The number of anilines is 1. The molecule has 3 N–H and O–H groups in total. The van der Waals surface area contributed by atoms with Crippen molar-refractivity contribution in [3.05, 3.63) is 59.1 Å². The Balaban J connectivity index is 1.73. The molecule has 6 nitrogen and oxygen atoms in total. The first kappa shape index (κ1) is 16.2. The van der Waals surface area contributed by atoms with Crippen molar-refractivity contribution >= 4 is 28.1 Å². The van der Waals surface area contributed by atoms with Crippen LogP contribution in [0.4, 0.5) is 5.69 Å². The molecule has 0 unspecified atom stereocenters. The number of nitrogens with zero attached hydrogens (tertiary/aromatic N) is 2. The number of aliphatic hydroxyl groups is 1. The molecular formula is C20H20N4O2. The summed E-state index contributed by atoms with van der Waals surface area (Å²) in [6, 6.07) is 11.7. The molecule has 0 radical (unpaired) electrons. The molecule has 0 bridgehead atoms. The van der Waals surface area contributed by atoms with Gasteiger partial charge in [0.05, 0.1) is 30.3 Å². The molecule has 0 amide bonds. The largest absolute Gasteiger partial charge is 0.509 e. The minimum absolute atomic E-state index is 0.139. The molecule has 0 saturated carbocycles. The number of hydrogen-bond donors (Lipinski definition) is 3. The molecule has 4 rings (SSSR count). The predicted octanol–water partition coefficient (Wildman–Crippen LogP) is 3.95. The third-order valence-corrected chi connectivity index (χ3v) is 4.55. The topological polar surface area (TPSA) is 85.2 Å². The number of methoxy groups -OCH3 is 1. The van der Waals surface area contributed by atoms with Crippen LogP contribution in [0.25, 0.3) is 16.6 Å². The van der Waals surface area contributed by atoms with E-state index in [1.165, 1.54) is 0 Å². The van der Waals surface area contributed by atoms with Gasteiger partial charge in [0.25, 0.3) is 0 Å². The van der Waals surface area contributed by atoms with Crippen LogP contribution in [0.15, 0.2) is 42.2 Å². The SMILES string of the molecule is COc1ccc2nc(C3=C(O)CN(c4cc(C)cc(C)c4)C3=N)[nH]c2c1. The average molecular weight is 348 g/mol. The third kappa shape index (κ3) is 2.60. The van der Waals surface area contributed by atoms with Crippen molar-refractivity contribution in [1.82, 2.24) is 9.97 Å². The first-order valence-electron chi connectivity index (χ1n) is 8.37. The van der Waals surface area contributed by atoms with E-state index in [-0.39, 0.29) is 18.1 Å². The Labute approximate surface area is 151 Å². The van der Waals surface area contributed by atoms with E-state index in [0.717, 1.165) is 33.6 Å². The minimum Gasteiger partial charge on any atom is -0.509 e. The lowest BCUT2D eigenvalue weighted by Gasteiger charge is -2.19. The molecular weight excluding hydrogens is 328 g/mol. The van der Waals surface area contributed by atoms with Crippen LogP contribution in [-0.2, 0) is 0 Å². The van der Waals surface area contributed by atoms with Crippen LogP contribution < -0.4 is 9.64 Å². The molecule has 6 heteroatoms. The molecule has 1 aliphatic rings. The number of aromatic amines is 1. The smallest absolute Gasteiger partial charge is 0.145 e. The molecule has 26 heavy (non-hydrogen) atoms. The lowest BCUT2D eigenvalue weighted by atomic mass is 10.1. The summed E-state index contributed by atoms with van der Waals surface area (Å²) in [5, 5.41) is 19.1. The van der Waals surface area contributed by atoms with Gasteiger partial charge in [-0.25, -0.2) is 4.98 Å². The van der Waals surface area contributed by atoms with Crippen LogP contribution in [0.5, 0.6) is 5.75 Å². The molecule has 0 spiro atoms. The molecule has 0 aliphatic carbocycles. The van der Waals surface area contributed by atoms with E-state index < -0.39 is 0 Å². The summed E-state index contributed by atoms with van der Waals surface area (Å²) in [5.74, 6) is 1.59. The van der Waals surface area contributed by atoms with Gasteiger partial charge in [0.2, 0.25) is 0 Å². The number of hydrogen-bond acceptors (Lipinski definition) is 4. The Kier molecular flexibility index (Phi) is 3.68. The highest BCUT2D eigenvalue weighted by Gasteiger charge is 2.31. The van der Waals surface area contributed by atoms with Gasteiger partial charge in [0.1, 0.15) is 23.2 Å². The molecule has 1 aromatic heterocycles. The number of fused-ring (bicyclic) bond motifs is 1. The highest BCUT2D eigenvalue weighted by Crippen LogP contribution is 2.32. The molecule has 0 saturated heterocycles. The van der Waals surface area contributed by atoms with Gasteiger partial charge in [-0.1, -0.05) is 6.07 Å². The lowest BCUT2D eigenvalue weighted by Crippen LogP contribution is -2.26. The van der Waals surface area contributed by atoms with Crippen molar-refractivity contribution in [2.45, 2.75) is 13.8 Å². The second-order valence-electron chi connectivity index (χ2n) is 6.57. The zero-order valence-corrected chi connectivity index (χ0v) is 14.9. The number of nitrogens with one attached hydrogen (secondary N) is 2. The molecule has 2 heterocycles. The summed E-state index contributed by atoms with van der Waals surface area (Å²) in [4.78, 5) is 9.52. The van der Waals surface area contributed by atoms with Crippen molar-refractivity contribution < 1.29 is 9.84 Å². The summed E-state index contributed by atoms with van der Waals surface area (Å²) in [6.45, 7) is 4.31. The van der Waals surface area contributed by atoms with Gasteiger partial charge in [-0.05, 0) is 49.2 Å². The Morgan fingerprint density at radius 3 is 2.58 bits per heavy atom. The first-order valence-corrected chi connectivity index (χ1v) is 8.37. The quantitative estimate of drug-likeness (QED) is 0.669. The van der Waals surface area contributed by atoms with Gasteiger partial charge in [0.15, 0.2) is 0 Å². The first-order chi connectivity index (χ1) is 12.5. The van der Waals surface area contributed by atoms with E-state index in [4.69, 9.17) is 10.1 Å². The van der Waals surface area contributed by atoms with Gasteiger partial charge in [-0.3, -0.25) is 5.41 Å². The number of aliphatic hydroxyl groups excluding tert-OH is 1. The number of aromatic nitrogens is 2. The van der Waals surface area contributed by atoms with Crippen molar-refractivity contribution in [3.63, 3.8) is 0 Å². The zero-order chi connectivity index (χ0) is 18.4. The number of aryl methyl sites for hydroxylation is 2. The fraction of sp³-hybridized carbons (Fsp3) is 0.200. The Hall–Kier alpha value is -3.28. The van der Waals surface area contributed by atoms with Gasteiger partial charge >= 0.3 is 0 Å². The highest BCUT2D eigenvalue weighted by atomic mass is 16.5. The fourth-order valence-electron chi connectivity index (χ4n) is 3.39. The Morgan fingerprint density at radius 2 is 1.88 bits per heavy atom. The summed E-state index contributed by atoms with van der Waals surface area (Å²) in [5.41, 5.74) is 5.13. The lowest BCUT2D eigenvalue weighted by molar-refractivity contribution is 0.411. The minimum atomic E-state index is 0.139. The van der Waals surface area contributed by atoms with Gasteiger partial charge < -0.3 is 19.7 Å². The average Bonchev–Trinajstić information content (AvgIpc) is 3.13. The normalized spacial score (nSPS) is 14.6. The molecule has 0 atom stereocenters. The van der Waals surface area contributed by atoms with Crippen LogP contribution in [-0.4, -0.2) is 34.6 Å². The third-order valence-electron chi connectivity index (χ3n) is 4.55. The second-order valence-corrected chi connectivity index (χ2v) is 6.57. The van der Waals surface area contributed by atoms with E-state index in [0.29, 0.717) is 11.4 Å². The van der Waals surface area contributed by atoms with E-state index in [1.807, 2.05) is 44.2 Å². The number of rotatable bonds is 3. The predicted molar refractivity (Wildman–Crippen MR) is 103 cm³/mol. The number of ether oxygens (including phenoxy) is 1. The summed E-state index contributed by atoms with van der Waals surface area (Å²) < 4.78 is 5.24. The van der Waals surface area contributed by atoms with Crippen molar-refractivity contribution in [3.8, 4) is 5.75 Å². The molecule has 3 aromatic rings.